The van der Waals surface area contributed by atoms with E-state index < -0.39 is 12.6 Å². The van der Waals surface area contributed by atoms with Crippen LogP contribution in [-0.2, 0) is 6.42 Å². The van der Waals surface area contributed by atoms with Crippen molar-refractivity contribution in [1.29, 1.82) is 0 Å². The van der Waals surface area contributed by atoms with E-state index in [1.165, 1.54) is 19.3 Å². The Balaban J connectivity index is 1.66. The average molecular weight is 339 g/mol. The van der Waals surface area contributed by atoms with E-state index in [-0.39, 0.29) is 12.3 Å². The predicted molar refractivity (Wildman–Crippen MR) is 86.9 cm³/mol. The zero-order chi connectivity index (χ0) is 17.2. The molecule has 2 nitrogen and oxygen atoms in total. The highest BCUT2D eigenvalue weighted by molar-refractivity contribution is 5.94. The van der Waals surface area contributed by atoms with Crippen LogP contribution >= 0.6 is 0 Å². The third-order valence-electron chi connectivity index (χ3n) is 5.04. The van der Waals surface area contributed by atoms with Crippen molar-refractivity contribution in [2.24, 2.45) is 0 Å². The first-order valence-electron chi connectivity index (χ1n) is 8.92. The minimum absolute atomic E-state index is 0.0348. The smallest absolute Gasteiger partial charge is 0.333 e. The summed E-state index contributed by atoms with van der Waals surface area (Å²) in [6, 6.07) is 7.39. The van der Waals surface area contributed by atoms with Crippen molar-refractivity contribution in [2.45, 2.75) is 76.0 Å². The molecular formula is C19H24F3NO. The maximum Gasteiger partial charge on any atom is 0.389 e. The highest BCUT2D eigenvalue weighted by Crippen LogP contribution is 2.35. The molecule has 1 aromatic carbocycles. The Hall–Kier alpha value is -1.52. The van der Waals surface area contributed by atoms with Gasteiger partial charge in [0, 0.05) is 24.1 Å². The van der Waals surface area contributed by atoms with Gasteiger partial charge in [-0.15, -0.1) is 0 Å². The molecule has 3 rings (SSSR count). The van der Waals surface area contributed by atoms with Crippen molar-refractivity contribution in [1.82, 2.24) is 4.90 Å². The van der Waals surface area contributed by atoms with Gasteiger partial charge in [-0.25, -0.2) is 0 Å². The van der Waals surface area contributed by atoms with E-state index in [9.17, 15) is 18.0 Å². The van der Waals surface area contributed by atoms with Crippen molar-refractivity contribution >= 4 is 5.91 Å². The number of carbonyl (C=O) groups excluding carboxylic acids is 1. The highest BCUT2D eigenvalue weighted by Gasteiger charge is 2.38. The molecule has 0 N–H and O–H groups in total. The molecule has 1 amide bonds. The van der Waals surface area contributed by atoms with Crippen LogP contribution in [0.15, 0.2) is 24.3 Å². The van der Waals surface area contributed by atoms with E-state index in [0.29, 0.717) is 23.2 Å². The first-order valence-corrected chi connectivity index (χ1v) is 8.92. The van der Waals surface area contributed by atoms with Crippen LogP contribution in [0.4, 0.5) is 13.2 Å². The van der Waals surface area contributed by atoms with E-state index >= 15 is 0 Å². The van der Waals surface area contributed by atoms with Crippen LogP contribution < -0.4 is 0 Å². The fourth-order valence-electron chi connectivity index (χ4n) is 3.59. The van der Waals surface area contributed by atoms with Gasteiger partial charge < -0.3 is 4.90 Å². The summed E-state index contributed by atoms with van der Waals surface area (Å²) in [6.07, 6.45) is 2.91. The summed E-state index contributed by atoms with van der Waals surface area (Å²) in [5.41, 5.74) is 1.22. The SMILES string of the molecule is O=C(c1ccc(CCC(F)(F)F)cc1)N(C1CCCCC1)C1CC1. The van der Waals surface area contributed by atoms with Crippen LogP contribution in [0.5, 0.6) is 0 Å². The van der Waals surface area contributed by atoms with Gasteiger partial charge in [-0.3, -0.25) is 4.79 Å². The molecule has 0 saturated heterocycles. The summed E-state index contributed by atoms with van der Waals surface area (Å²) in [4.78, 5) is 15.0. The Kier molecular flexibility index (Phi) is 5.16. The molecule has 0 spiro atoms. The van der Waals surface area contributed by atoms with E-state index in [1.807, 2.05) is 0 Å². The zero-order valence-electron chi connectivity index (χ0n) is 13.8. The van der Waals surface area contributed by atoms with Gasteiger partial charge in [-0.2, -0.15) is 13.2 Å². The molecule has 2 aliphatic rings. The zero-order valence-corrected chi connectivity index (χ0v) is 13.8. The number of alkyl halides is 3. The van der Waals surface area contributed by atoms with Crippen molar-refractivity contribution in [3.05, 3.63) is 35.4 Å². The predicted octanol–water partition coefficient (Wildman–Crippen LogP) is 5.12. The number of halogens is 3. The minimum Gasteiger partial charge on any atom is -0.333 e. The maximum absolute atomic E-state index is 12.9. The molecule has 5 heteroatoms. The number of aryl methyl sites for hydroxylation is 1. The number of carbonyl (C=O) groups is 1. The summed E-state index contributed by atoms with van der Waals surface area (Å²) in [6.45, 7) is 0. The lowest BCUT2D eigenvalue weighted by Gasteiger charge is -2.34. The van der Waals surface area contributed by atoms with E-state index in [0.717, 1.165) is 25.7 Å². The third kappa shape index (κ3) is 4.52. The normalized spacial score (nSPS) is 19.3. The standard InChI is InChI=1S/C19H24F3NO/c20-19(21,22)13-12-14-6-8-15(9-7-14)18(24)23(17-10-11-17)16-4-2-1-3-5-16/h6-9,16-17H,1-5,10-13H2. The second-order valence-corrected chi connectivity index (χ2v) is 7.05. The van der Waals surface area contributed by atoms with E-state index in [4.69, 9.17) is 0 Å². The van der Waals surface area contributed by atoms with Crippen molar-refractivity contribution in [3.63, 3.8) is 0 Å². The van der Waals surface area contributed by atoms with Crippen molar-refractivity contribution in [2.75, 3.05) is 0 Å². The molecule has 0 atom stereocenters. The molecule has 0 radical (unpaired) electrons. The molecule has 24 heavy (non-hydrogen) atoms. The van der Waals surface area contributed by atoms with Crippen LogP contribution in [0.1, 0.15) is 67.3 Å². The Labute approximate surface area is 141 Å². The lowest BCUT2D eigenvalue weighted by Crippen LogP contribution is -2.43. The highest BCUT2D eigenvalue weighted by atomic mass is 19.4. The fraction of sp³-hybridized carbons (Fsp3) is 0.632. The molecule has 0 bridgehead atoms. The van der Waals surface area contributed by atoms with Gasteiger partial charge in [0.25, 0.3) is 5.91 Å². The van der Waals surface area contributed by atoms with Gasteiger partial charge in [0.05, 0.1) is 0 Å². The lowest BCUT2D eigenvalue weighted by molar-refractivity contribution is -0.134. The number of rotatable bonds is 5. The summed E-state index contributed by atoms with van der Waals surface area (Å²) in [5, 5.41) is 0. The van der Waals surface area contributed by atoms with E-state index in [1.54, 1.807) is 24.3 Å². The van der Waals surface area contributed by atoms with Crippen LogP contribution in [0.3, 0.4) is 0 Å². The third-order valence-corrected chi connectivity index (χ3v) is 5.04. The second-order valence-electron chi connectivity index (χ2n) is 7.05. The Morgan fingerprint density at radius 1 is 0.958 bits per heavy atom. The molecule has 0 aliphatic heterocycles. The maximum atomic E-state index is 12.9. The number of nitrogens with zero attached hydrogens (tertiary/aromatic N) is 1. The summed E-state index contributed by atoms with van der Waals surface area (Å²) in [5.74, 6) is 0.0479. The lowest BCUT2D eigenvalue weighted by atomic mass is 9.93. The van der Waals surface area contributed by atoms with Crippen molar-refractivity contribution < 1.29 is 18.0 Å². The largest absolute Gasteiger partial charge is 0.389 e. The van der Waals surface area contributed by atoms with Gasteiger partial charge in [-0.1, -0.05) is 31.4 Å². The molecule has 1 aromatic rings. The molecule has 0 heterocycles. The molecular weight excluding hydrogens is 315 g/mol. The first-order chi connectivity index (χ1) is 11.4. The minimum atomic E-state index is -4.14. The van der Waals surface area contributed by atoms with Crippen LogP contribution in [0, 0.1) is 0 Å². The second kappa shape index (κ2) is 7.16. The molecule has 0 unspecified atom stereocenters. The number of hydrogen-bond donors (Lipinski definition) is 0. The monoisotopic (exact) mass is 339 g/mol. The summed E-state index contributed by atoms with van der Waals surface area (Å²) in [7, 11) is 0. The van der Waals surface area contributed by atoms with E-state index in [2.05, 4.69) is 4.90 Å². The Morgan fingerprint density at radius 2 is 1.54 bits per heavy atom. The van der Waals surface area contributed by atoms with Crippen LogP contribution in [0.25, 0.3) is 0 Å². The van der Waals surface area contributed by atoms with Crippen molar-refractivity contribution in [3.8, 4) is 0 Å². The molecule has 2 saturated carbocycles. The molecule has 2 fully saturated rings. The number of benzene rings is 1. The van der Waals surface area contributed by atoms with Crippen LogP contribution in [0.2, 0.25) is 0 Å². The van der Waals surface area contributed by atoms with Crippen LogP contribution in [-0.4, -0.2) is 29.1 Å². The summed E-state index contributed by atoms with van der Waals surface area (Å²) >= 11 is 0. The first kappa shape index (κ1) is 17.3. The van der Waals surface area contributed by atoms with Gasteiger partial charge in [0.2, 0.25) is 0 Å². The molecule has 2 aliphatic carbocycles. The number of hydrogen-bond acceptors (Lipinski definition) is 1. The van der Waals surface area contributed by atoms with Gasteiger partial charge >= 0.3 is 6.18 Å². The van der Waals surface area contributed by atoms with Gasteiger partial charge in [-0.05, 0) is 49.8 Å². The van der Waals surface area contributed by atoms with Gasteiger partial charge in [0.15, 0.2) is 0 Å². The van der Waals surface area contributed by atoms with Gasteiger partial charge in [0.1, 0.15) is 0 Å². The average Bonchev–Trinajstić information content (AvgIpc) is 3.39. The summed E-state index contributed by atoms with van der Waals surface area (Å²) < 4.78 is 36.9. The Morgan fingerprint density at radius 3 is 2.08 bits per heavy atom. The molecule has 0 aromatic heterocycles. The quantitative estimate of drug-likeness (QED) is 0.729. The topological polar surface area (TPSA) is 20.3 Å². The fourth-order valence-corrected chi connectivity index (χ4v) is 3.59. The Bertz CT molecular complexity index is 557. The number of amides is 1. The molecule has 132 valence electrons.